The predicted octanol–water partition coefficient (Wildman–Crippen LogP) is -0.287. The summed E-state index contributed by atoms with van der Waals surface area (Å²) >= 11 is 0. The smallest absolute Gasteiger partial charge is 0.245 e. The molecule has 7 nitrogen and oxygen atoms in total. The normalized spacial score (nSPS) is 16.5. The van der Waals surface area contributed by atoms with E-state index in [0.717, 1.165) is 0 Å². The molecule has 78 valence electrons. The number of H-pyrrole nitrogens is 1. The lowest BCUT2D eigenvalue weighted by molar-refractivity contribution is -0.0807. The van der Waals surface area contributed by atoms with Crippen LogP contribution in [0.4, 0.5) is 5.95 Å². The Morgan fingerprint density at radius 1 is 1.47 bits per heavy atom. The molecule has 2 aromatic rings. The molecule has 0 radical (unpaired) electrons. The van der Waals surface area contributed by atoms with Gasteiger partial charge in [-0.3, -0.25) is 0 Å². The van der Waals surface area contributed by atoms with Gasteiger partial charge in [0, 0.05) is 0 Å². The second kappa shape index (κ2) is 3.06. The number of imidazole rings is 1. The van der Waals surface area contributed by atoms with Crippen molar-refractivity contribution >= 4 is 17.1 Å². The fourth-order valence-corrected chi connectivity index (χ4v) is 1.35. The van der Waals surface area contributed by atoms with Crippen molar-refractivity contribution in [2.75, 3.05) is 18.9 Å². The second-order valence-corrected chi connectivity index (χ2v) is 3.27. The number of fused-ring (bicyclic) bond motifs is 1. The van der Waals surface area contributed by atoms with Gasteiger partial charge in [0.05, 0.1) is 19.5 Å². The Labute approximate surface area is 84.6 Å². The molecule has 0 amide bonds. The maximum Gasteiger partial charge on any atom is 0.245 e. The van der Waals surface area contributed by atoms with Crippen LogP contribution in [-0.2, 0) is 4.74 Å². The number of aromatic nitrogens is 4. The van der Waals surface area contributed by atoms with Gasteiger partial charge in [-0.15, -0.1) is 0 Å². The van der Waals surface area contributed by atoms with Crippen molar-refractivity contribution in [1.82, 2.24) is 19.9 Å². The van der Waals surface area contributed by atoms with Crippen molar-refractivity contribution in [3.63, 3.8) is 0 Å². The largest absolute Gasteiger partial charge is 0.468 e. The van der Waals surface area contributed by atoms with E-state index in [-0.39, 0.29) is 12.1 Å². The van der Waals surface area contributed by atoms with Crippen LogP contribution in [0.2, 0.25) is 0 Å². The lowest BCUT2D eigenvalue weighted by Crippen LogP contribution is -2.38. The lowest BCUT2D eigenvalue weighted by Gasteiger charge is -2.26. The van der Waals surface area contributed by atoms with Crippen molar-refractivity contribution < 1.29 is 9.47 Å². The van der Waals surface area contributed by atoms with E-state index < -0.39 is 0 Å². The molecule has 1 aliphatic rings. The predicted molar refractivity (Wildman–Crippen MR) is 51.3 cm³/mol. The van der Waals surface area contributed by atoms with E-state index in [1.165, 1.54) is 6.33 Å². The highest BCUT2D eigenvalue weighted by Gasteiger charge is 2.22. The van der Waals surface area contributed by atoms with Gasteiger partial charge in [-0.05, 0) is 0 Å². The maximum absolute atomic E-state index is 5.58. The zero-order chi connectivity index (χ0) is 10.3. The zero-order valence-electron chi connectivity index (χ0n) is 7.80. The maximum atomic E-state index is 5.58. The fraction of sp³-hybridized carbons (Fsp3) is 0.375. The minimum absolute atomic E-state index is 0.0470. The number of hydrogen-bond donors (Lipinski definition) is 2. The number of nitrogens with zero attached hydrogens (tertiary/aromatic N) is 3. The number of nitrogens with one attached hydrogen (secondary N) is 1. The first-order chi connectivity index (χ1) is 7.33. The quantitative estimate of drug-likeness (QED) is 0.702. The fourth-order valence-electron chi connectivity index (χ4n) is 1.35. The number of hydrogen-bond acceptors (Lipinski definition) is 6. The molecule has 0 spiro atoms. The van der Waals surface area contributed by atoms with Crippen molar-refractivity contribution in [3.05, 3.63) is 6.33 Å². The molecule has 0 bridgehead atoms. The molecule has 1 saturated heterocycles. The van der Waals surface area contributed by atoms with Crippen LogP contribution in [0.25, 0.3) is 11.2 Å². The van der Waals surface area contributed by atoms with E-state index in [2.05, 4.69) is 19.9 Å². The summed E-state index contributed by atoms with van der Waals surface area (Å²) in [4.78, 5) is 14.9. The molecule has 2 aromatic heterocycles. The first-order valence-corrected chi connectivity index (χ1v) is 4.54. The standard InChI is InChI=1S/C8H9N5O2/c9-8-12-6-5(10-3-11-6)7(13-8)15-4-1-14-2-4/h3-4H,1-2H2,(H3,9,10,11,12,13). The Kier molecular flexibility index (Phi) is 1.72. The van der Waals surface area contributed by atoms with Gasteiger partial charge in [-0.2, -0.15) is 9.97 Å². The summed E-state index contributed by atoms with van der Waals surface area (Å²) in [5, 5.41) is 0. The summed E-state index contributed by atoms with van der Waals surface area (Å²) in [5.74, 6) is 0.591. The highest BCUT2D eigenvalue weighted by molar-refractivity contribution is 5.76. The van der Waals surface area contributed by atoms with E-state index in [0.29, 0.717) is 30.3 Å². The number of anilines is 1. The molecule has 1 aliphatic heterocycles. The summed E-state index contributed by atoms with van der Waals surface area (Å²) in [6.07, 6.45) is 1.58. The molecule has 0 atom stereocenters. The average Bonchev–Trinajstić information content (AvgIpc) is 2.58. The second-order valence-electron chi connectivity index (χ2n) is 3.27. The van der Waals surface area contributed by atoms with Gasteiger partial charge in [0.2, 0.25) is 11.8 Å². The highest BCUT2D eigenvalue weighted by Crippen LogP contribution is 2.22. The molecular weight excluding hydrogens is 198 g/mol. The van der Waals surface area contributed by atoms with Crippen molar-refractivity contribution in [1.29, 1.82) is 0 Å². The van der Waals surface area contributed by atoms with Crippen LogP contribution >= 0.6 is 0 Å². The first kappa shape index (κ1) is 8.42. The average molecular weight is 207 g/mol. The minimum atomic E-state index is 0.0470. The molecule has 3 heterocycles. The zero-order valence-corrected chi connectivity index (χ0v) is 7.80. The molecule has 0 aliphatic carbocycles. The van der Waals surface area contributed by atoms with Gasteiger partial charge >= 0.3 is 0 Å². The van der Waals surface area contributed by atoms with Gasteiger partial charge in [0.25, 0.3) is 0 Å². The third-order valence-electron chi connectivity index (χ3n) is 2.16. The highest BCUT2D eigenvalue weighted by atomic mass is 16.6. The summed E-state index contributed by atoms with van der Waals surface area (Å²) < 4.78 is 10.6. The van der Waals surface area contributed by atoms with Crippen LogP contribution in [0.3, 0.4) is 0 Å². The Hall–Kier alpha value is -1.89. The van der Waals surface area contributed by atoms with E-state index in [1.807, 2.05) is 0 Å². The first-order valence-electron chi connectivity index (χ1n) is 4.54. The Bertz CT molecular complexity index is 493. The van der Waals surface area contributed by atoms with Gasteiger partial charge in [-0.25, -0.2) is 4.98 Å². The SMILES string of the molecule is Nc1nc(OC2COC2)c2[nH]cnc2n1. The molecule has 3 N–H and O–H groups in total. The van der Waals surface area contributed by atoms with Crippen LogP contribution < -0.4 is 10.5 Å². The van der Waals surface area contributed by atoms with Crippen LogP contribution in [-0.4, -0.2) is 39.3 Å². The third-order valence-corrected chi connectivity index (χ3v) is 2.16. The molecule has 0 saturated carbocycles. The molecule has 0 aromatic carbocycles. The van der Waals surface area contributed by atoms with E-state index >= 15 is 0 Å². The third kappa shape index (κ3) is 1.37. The van der Waals surface area contributed by atoms with Crippen molar-refractivity contribution in [3.8, 4) is 5.88 Å². The Balaban J connectivity index is 2.02. The van der Waals surface area contributed by atoms with E-state index in [4.69, 9.17) is 15.2 Å². The topological polar surface area (TPSA) is 98.9 Å². The Morgan fingerprint density at radius 3 is 3.07 bits per heavy atom. The number of nitrogen functional groups attached to an aromatic ring is 1. The minimum Gasteiger partial charge on any atom is -0.468 e. The summed E-state index contributed by atoms with van der Waals surface area (Å²) in [7, 11) is 0. The van der Waals surface area contributed by atoms with Gasteiger partial charge in [0.1, 0.15) is 11.6 Å². The van der Waals surface area contributed by atoms with Gasteiger partial charge in [0.15, 0.2) is 5.65 Å². The van der Waals surface area contributed by atoms with E-state index in [9.17, 15) is 0 Å². The molecular formula is C8H9N5O2. The Morgan fingerprint density at radius 2 is 2.33 bits per heavy atom. The van der Waals surface area contributed by atoms with Gasteiger partial charge < -0.3 is 20.2 Å². The molecule has 3 rings (SSSR count). The number of ether oxygens (including phenoxy) is 2. The van der Waals surface area contributed by atoms with Gasteiger partial charge in [-0.1, -0.05) is 0 Å². The van der Waals surface area contributed by atoms with E-state index in [1.54, 1.807) is 0 Å². The molecule has 1 fully saturated rings. The lowest BCUT2D eigenvalue weighted by atomic mass is 10.3. The van der Waals surface area contributed by atoms with Crippen LogP contribution in [0.1, 0.15) is 0 Å². The van der Waals surface area contributed by atoms with Crippen LogP contribution in [0.15, 0.2) is 6.33 Å². The van der Waals surface area contributed by atoms with Crippen molar-refractivity contribution in [2.24, 2.45) is 0 Å². The summed E-state index contributed by atoms with van der Waals surface area (Å²) in [5.41, 5.74) is 6.71. The van der Waals surface area contributed by atoms with Crippen molar-refractivity contribution in [2.45, 2.75) is 6.10 Å². The number of aromatic amines is 1. The number of rotatable bonds is 2. The monoisotopic (exact) mass is 207 g/mol. The molecule has 7 heteroatoms. The van der Waals surface area contributed by atoms with Crippen LogP contribution in [0, 0.1) is 0 Å². The molecule has 15 heavy (non-hydrogen) atoms. The van der Waals surface area contributed by atoms with Crippen LogP contribution in [0.5, 0.6) is 5.88 Å². The number of nitrogens with two attached hydrogens (primary N) is 1. The summed E-state index contributed by atoms with van der Waals surface area (Å²) in [6.45, 7) is 1.17. The summed E-state index contributed by atoms with van der Waals surface area (Å²) in [6, 6.07) is 0. The molecule has 0 unspecified atom stereocenters.